The Morgan fingerprint density at radius 1 is 1.16 bits per heavy atom. The number of methoxy groups -OCH3 is 1. The number of ether oxygens (including phenoxy) is 1. The maximum atomic E-state index is 6.27. The summed E-state index contributed by atoms with van der Waals surface area (Å²) in [4.78, 5) is 8.77. The standard InChI is InChI=1S/C21H19ClN8O/c1-3-30-20-15(11-26-30)18-14(10-25-20)21(29-7-6-23-12-29)28-27-19(18)24-9-13-4-5-17(31-2)16(22)8-13/h4-8,10-12H,3,9H2,1-2H3,(H,24,27). The van der Waals surface area contributed by atoms with Crippen molar-refractivity contribution in [3.63, 3.8) is 0 Å². The molecule has 0 aliphatic heterocycles. The van der Waals surface area contributed by atoms with E-state index in [1.807, 2.05) is 53.0 Å². The van der Waals surface area contributed by atoms with Crippen molar-refractivity contribution in [1.29, 1.82) is 0 Å². The van der Waals surface area contributed by atoms with Crippen LogP contribution >= 0.6 is 11.6 Å². The van der Waals surface area contributed by atoms with Gasteiger partial charge in [0.15, 0.2) is 17.3 Å². The second-order valence-corrected chi connectivity index (χ2v) is 7.32. The molecule has 0 amide bonds. The largest absolute Gasteiger partial charge is 0.495 e. The Bertz CT molecular complexity index is 1380. The van der Waals surface area contributed by atoms with Gasteiger partial charge in [0.2, 0.25) is 0 Å². The molecule has 0 spiro atoms. The number of imidazole rings is 1. The van der Waals surface area contributed by atoms with Crippen LogP contribution in [0.15, 0.2) is 49.3 Å². The first-order valence-corrected chi connectivity index (χ1v) is 10.1. The Balaban J connectivity index is 1.62. The van der Waals surface area contributed by atoms with Gasteiger partial charge in [-0.25, -0.2) is 14.6 Å². The highest BCUT2D eigenvalue weighted by atomic mass is 35.5. The van der Waals surface area contributed by atoms with Gasteiger partial charge in [-0.3, -0.25) is 4.57 Å². The van der Waals surface area contributed by atoms with Gasteiger partial charge in [-0.05, 0) is 24.6 Å². The minimum Gasteiger partial charge on any atom is -0.495 e. The Morgan fingerprint density at radius 2 is 2.06 bits per heavy atom. The summed E-state index contributed by atoms with van der Waals surface area (Å²) < 4.78 is 8.91. The number of nitrogens with one attached hydrogen (secondary N) is 1. The molecule has 1 aromatic carbocycles. The summed E-state index contributed by atoms with van der Waals surface area (Å²) >= 11 is 6.27. The van der Waals surface area contributed by atoms with E-state index < -0.39 is 0 Å². The second-order valence-electron chi connectivity index (χ2n) is 6.91. The predicted molar refractivity (Wildman–Crippen MR) is 119 cm³/mol. The van der Waals surface area contributed by atoms with Crippen LogP contribution in [0.5, 0.6) is 5.75 Å². The van der Waals surface area contributed by atoms with Crippen molar-refractivity contribution in [2.75, 3.05) is 12.4 Å². The Morgan fingerprint density at radius 3 is 2.81 bits per heavy atom. The fourth-order valence-electron chi connectivity index (χ4n) is 3.59. The quantitative estimate of drug-likeness (QED) is 0.433. The fourth-order valence-corrected chi connectivity index (χ4v) is 3.87. The van der Waals surface area contributed by atoms with E-state index in [-0.39, 0.29) is 0 Å². The van der Waals surface area contributed by atoms with E-state index in [1.54, 1.807) is 19.6 Å². The number of pyridine rings is 1. The molecule has 31 heavy (non-hydrogen) atoms. The van der Waals surface area contributed by atoms with Crippen LogP contribution in [0, 0.1) is 0 Å². The monoisotopic (exact) mass is 434 g/mol. The van der Waals surface area contributed by atoms with Gasteiger partial charge in [-0.1, -0.05) is 17.7 Å². The molecule has 0 unspecified atom stereocenters. The lowest BCUT2D eigenvalue weighted by Crippen LogP contribution is -2.07. The molecular formula is C21H19ClN8O. The summed E-state index contributed by atoms with van der Waals surface area (Å²) in [6, 6.07) is 5.67. The highest BCUT2D eigenvalue weighted by molar-refractivity contribution is 6.32. The van der Waals surface area contributed by atoms with Gasteiger partial charge < -0.3 is 10.1 Å². The van der Waals surface area contributed by atoms with Gasteiger partial charge in [0.05, 0.1) is 23.7 Å². The van der Waals surface area contributed by atoms with Gasteiger partial charge in [-0.2, -0.15) is 5.10 Å². The first-order chi connectivity index (χ1) is 15.2. The van der Waals surface area contributed by atoms with E-state index in [0.29, 0.717) is 29.0 Å². The van der Waals surface area contributed by atoms with E-state index in [9.17, 15) is 0 Å². The Kier molecular flexibility index (Phi) is 4.87. The highest BCUT2D eigenvalue weighted by Crippen LogP contribution is 2.32. The average molecular weight is 435 g/mol. The van der Waals surface area contributed by atoms with Gasteiger partial charge in [0.25, 0.3) is 0 Å². The van der Waals surface area contributed by atoms with Gasteiger partial charge in [0, 0.05) is 42.5 Å². The maximum Gasteiger partial charge on any atom is 0.170 e. The molecular weight excluding hydrogens is 416 g/mol. The number of hydrogen-bond acceptors (Lipinski definition) is 7. The minimum atomic E-state index is 0.518. The summed E-state index contributed by atoms with van der Waals surface area (Å²) in [5, 5.41) is 20.0. The molecule has 156 valence electrons. The first-order valence-electron chi connectivity index (χ1n) is 9.75. The molecule has 0 saturated carbocycles. The maximum absolute atomic E-state index is 6.27. The highest BCUT2D eigenvalue weighted by Gasteiger charge is 2.17. The van der Waals surface area contributed by atoms with Crippen molar-refractivity contribution in [2.45, 2.75) is 20.0 Å². The van der Waals surface area contributed by atoms with E-state index >= 15 is 0 Å². The third kappa shape index (κ3) is 3.32. The van der Waals surface area contributed by atoms with Crippen LogP contribution in [0.3, 0.4) is 0 Å². The molecule has 4 heterocycles. The molecule has 0 atom stereocenters. The number of benzene rings is 1. The lowest BCUT2D eigenvalue weighted by Gasteiger charge is -2.13. The fraction of sp³-hybridized carbons (Fsp3) is 0.190. The topological polar surface area (TPSA) is 95.6 Å². The molecule has 0 bridgehead atoms. The Labute approximate surface area is 182 Å². The van der Waals surface area contributed by atoms with Crippen molar-refractivity contribution in [2.24, 2.45) is 0 Å². The lowest BCUT2D eigenvalue weighted by atomic mass is 10.1. The molecule has 0 aliphatic rings. The smallest absolute Gasteiger partial charge is 0.170 e. The van der Waals surface area contributed by atoms with Crippen LogP contribution in [0.1, 0.15) is 12.5 Å². The van der Waals surface area contributed by atoms with Crippen LogP contribution in [0.2, 0.25) is 5.02 Å². The van der Waals surface area contributed by atoms with Crippen LogP contribution < -0.4 is 10.1 Å². The van der Waals surface area contributed by atoms with Gasteiger partial charge in [-0.15, -0.1) is 10.2 Å². The summed E-state index contributed by atoms with van der Waals surface area (Å²) in [6.45, 7) is 3.28. The summed E-state index contributed by atoms with van der Waals surface area (Å²) in [5.74, 6) is 1.94. The summed E-state index contributed by atoms with van der Waals surface area (Å²) in [5.41, 5.74) is 1.80. The number of aromatic nitrogens is 7. The van der Waals surface area contributed by atoms with Crippen LogP contribution in [0.25, 0.3) is 27.6 Å². The second kappa shape index (κ2) is 7.84. The predicted octanol–water partition coefficient (Wildman–Crippen LogP) is 3.85. The molecule has 5 rings (SSSR count). The van der Waals surface area contributed by atoms with Crippen molar-refractivity contribution in [3.8, 4) is 11.6 Å². The summed E-state index contributed by atoms with van der Waals surface area (Å²) in [7, 11) is 1.60. The molecule has 0 aliphatic carbocycles. The molecule has 9 nitrogen and oxygen atoms in total. The zero-order chi connectivity index (χ0) is 21.4. The van der Waals surface area contributed by atoms with E-state index in [2.05, 4.69) is 30.6 Å². The van der Waals surface area contributed by atoms with E-state index in [0.717, 1.165) is 33.9 Å². The number of hydrogen-bond donors (Lipinski definition) is 1. The number of aryl methyl sites for hydroxylation is 1. The molecule has 0 radical (unpaired) electrons. The van der Waals surface area contributed by atoms with Crippen molar-refractivity contribution < 1.29 is 4.74 Å². The number of nitrogens with zero attached hydrogens (tertiary/aromatic N) is 7. The number of halogens is 1. The third-order valence-electron chi connectivity index (χ3n) is 5.11. The Hall–Kier alpha value is -3.72. The zero-order valence-electron chi connectivity index (χ0n) is 16.9. The SMILES string of the molecule is CCn1ncc2c3c(NCc4ccc(OC)c(Cl)c4)nnc(-n4ccnc4)c3cnc21. The van der Waals surface area contributed by atoms with Crippen molar-refractivity contribution >= 4 is 39.2 Å². The molecule has 0 saturated heterocycles. The van der Waals surface area contributed by atoms with E-state index in [4.69, 9.17) is 16.3 Å². The minimum absolute atomic E-state index is 0.518. The zero-order valence-corrected chi connectivity index (χ0v) is 17.7. The molecule has 1 N–H and O–H groups in total. The van der Waals surface area contributed by atoms with Crippen molar-refractivity contribution in [1.82, 2.24) is 34.5 Å². The molecule has 0 fully saturated rings. The lowest BCUT2D eigenvalue weighted by molar-refractivity contribution is 0.415. The number of fused-ring (bicyclic) bond motifs is 3. The molecule has 5 aromatic rings. The number of anilines is 1. The first kappa shape index (κ1) is 19.3. The van der Waals surface area contributed by atoms with Crippen LogP contribution in [0.4, 0.5) is 5.82 Å². The number of rotatable bonds is 6. The van der Waals surface area contributed by atoms with Gasteiger partial charge in [0.1, 0.15) is 12.1 Å². The van der Waals surface area contributed by atoms with E-state index in [1.165, 1.54) is 0 Å². The normalized spacial score (nSPS) is 11.3. The molecule has 10 heteroatoms. The van der Waals surface area contributed by atoms with Crippen LogP contribution in [-0.4, -0.2) is 41.6 Å². The average Bonchev–Trinajstić information content (AvgIpc) is 3.47. The summed E-state index contributed by atoms with van der Waals surface area (Å²) in [6.07, 6.45) is 8.85. The third-order valence-corrected chi connectivity index (χ3v) is 5.41. The van der Waals surface area contributed by atoms with Gasteiger partial charge >= 0.3 is 0 Å². The van der Waals surface area contributed by atoms with Crippen molar-refractivity contribution in [3.05, 3.63) is 59.9 Å². The molecule has 4 aromatic heterocycles. The van der Waals surface area contributed by atoms with Crippen LogP contribution in [-0.2, 0) is 13.1 Å².